The van der Waals surface area contributed by atoms with Gasteiger partial charge < -0.3 is 4.42 Å². The third kappa shape index (κ3) is 1.26. The van der Waals surface area contributed by atoms with Crippen LogP contribution in [0.4, 0.5) is 0 Å². The molecule has 0 aromatic carbocycles. The Balaban J connectivity index is 2.26. The SMILES string of the molecule is CC1(C)C(=O)CC1c1ccc(Br)o1. The lowest BCUT2D eigenvalue weighted by Crippen LogP contribution is -2.43. The fraction of sp³-hybridized carbons (Fsp3) is 0.500. The van der Waals surface area contributed by atoms with Crippen LogP contribution in [-0.4, -0.2) is 5.78 Å². The fourth-order valence-electron chi connectivity index (χ4n) is 1.74. The van der Waals surface area contributed by atoms with Crippen molar-refractivity contribution in [3.63, 3.8) is 0 Å². The minimum absolute atomic E-state index is 0.239. The quantitative estimate of drug-likeness (QED) is 0.758. The molecule has 1 saturated carbocycles. The molecule has 13 heavy (non-hydrogen) atoms. The Labute approximate surface area is 85.4 Å². The first-order valence-corrected chi connectivity index (χ1v) is 5.09. The number of rotatable bonds is 1. The van der Waals surface area contributed by atoms with E-state index in [1.165, 1.54) is 0 Å². The van der Waals surface area contributed by atoms with Crippen molar-refractivity contribution in [2.24, 2.45) is 5.41 Å². The summed E-state index contributed by atoms with van der Waals surface area (Å²) in [5.74, 6) is 1.49. The third-order valence-corrected chi connectivity index (χ3v) is 3.34. The van der Waals surface area contributed by atoms with Crippen LogP contribution < -0.4 is 0 Å². The second kappa shape index (κ2) is 2.71. The van der Waals surface area contributed by atoms with Gasteiger partial charge in [0.1, 0.15) is 11.5 Å². The summed E-state index contributed by atoms with van der Waals surface area (Å²) in [4.78, 5) is 11.3. The highest BCUT2D eigenvalue weighted by Crippen LogP contribution is 2.49. The van der Waals surface area contributed by atoms with Gasteiger partial charge in [-0.25, -0.2) is 0 Å². The van der Waals surface area contributed by atoms with Crippen LogP contribution in [0.5, 0.6) is 0 Å². The number of ketones is 1. The van der Waals surface area contributed by atoms with Gasteiger partial charge in [0.15, 0.2) is 4.67 Å². The number of carbonyl (C=O) groups is 1. The molecule has 0 amide bonds. The van der Waals surface area contributed by atoms with E-state index >= 15 is 0 Å². The summed E-state index contributed by atoms with van der Waals surface area (Å²) >= 11 is 3.25. The van der Waals surface area contributed by atoms with Gasteiger partial charge in [-0.1, -0.05) is 13.8 Å². The topological polar surface area (TPSA) is 30.2 Å². The number of halogens is 1. The molecule has 1 aliphatic rings. The summed E-state index contributed by atoms with van der Waals surface area (Å²) in [7, 11) is 0. The van der Waals surface area contributed by atoms with E-state index in [1.54, 1.807) is 0 Å². The van der Waals surface area contributed by atoms with Gasteiger partial charge in [-0.3, -0.25) is 4.79 Å². The van der Waals surface area contributed by atoms with Crippen LogP contribution >= 0.6 is 15.9 Å². The maximum atomic E-state index is 11.3. The second-order valence-corrected chi connectivity index (χ2v) is 4.83. The first-order valence-electron chi connectivity index (χ1n) is 4.30. The van der Waals surface area contributed by atoms with Gasteiger partial charge in [0.25, 0.3) is 0 Å². The largest absolute Gasteiger partial charge is 0.454 e. The van der Waals surface area contributed by atoms with Gasteiger partial charge >= 0.3 is 0 Å². The molecule has 1 atom stereocenters. The molecule has 2 rings (SSSR count). The molecule has 0 spiro atoms. The van der Waals surface area contributed by atoms with Crippen LogP contribution in [0.15, 0.2) is 21.2 Å². The molecular weight excluding hydrogens is 232 g/mol. The minimum atomic E-state index is -0.239. The highest BCUT2D eigenvalue weighted by Gasteiger charge is 2.49. The zero-order chi connectivity index (χ0) is 9.64. The Morgan fingerprint density at radius 2 is 2.23 bits per heavy atom. The predicted molar refractivity (Wildman–Crippen MR) is 52.6 cm³/mol. The monoisotopic (exact) mass is 242 g/mol. The third-order valence-electron chi connectivity index (χ3n) is 2.92. The van der Waals surface area contributed by atoms with Crippen molar-refractivity contribution in [1.82, 2.24) is 0 Å². The maximum absolute atomic E-state index is 11.3. The summed E-state index contributed by atoms with van der Waals surface area (Å²) in [6.07, 6.45) is 0.618. The van der Waals surface area contributed by atoms with E-state index in [4.69, 9.17) is 4.42 Å². The molecule has 1 heterocycles. The van der Waals surface area contributed by atoms with Crippen molar-refractivity contribution in [2.45, 2.75) is 26.2 Å². The molecule has 70 valence electrons. The van der Waals surface area contributed by atoms with Crippen LogP contribution in [0.3, 0.4) is 0 Å². The molecule has 0 bridgehead atoms. The first kappa shape index (κ1) is 9.00. The van der Waals surface area contributed by atoms with Crippen molar-refractivity contribution >= 4 is 21.7 Å². The Hall–Kier alpha value is -0.570. The van der Waals surface area contributed by atoms with Gasteiger partial charge in [0.2, 0.25) is 0 Å². The van der Waals surface area contributed by atoms with E-state index in [2.05, 4.69) is 15.9 Å². The average Bonchev–Trinajstić information content (AvgIpc) is 2.47. The molecule has 1 fully saturated rings. The molecule has 1 aromatic heterocycles. The number of hydrogen-bond acceptors (Lipinski definition) is 2. The molecular formula is C10H11BrO2. The molecule has 3 heteroatoms. The molecule has 1 aromatic rings. The average molecular weight is 243 g/mol. The Kier molecular flexibility index (Phi) is 1.88. The zero-order valence-electron chi connectivity index (χ0n) is 7.63. The molecule has 0 saturated heterocycles. The minimum Gasteiger partial charge on any atom is -0.454 e. The van der Waals surface area contributed by atoms with Crippen molar-refractivity contribution in [3.05, 3.63) is 22.6 Å². The van der Waals surface area contributed by atoms with E-state index in [1.807, 2.05) is 26.0 Å². The highest BCUT2D eigenvalue weighted by atomic mass is 79.9. The molecule has 1 aliphatic carbocycles. The van der Waals surface area contributed by atoms with Crippen molar-refractivity contribution in [1.29, 1.82) is 0 Å². The fourth-order valence-corrected chi connectivity index (χ4v) is 2.06. The normalized spacial score (nSPS) is 25.8. The van der Waals surface area contributed by atoms with Crippen LogP contribution in [0.1, 0.15) is 31.9 Å². The lowest BCUT2D eigenvalue weighted by Gasteiger charge is -2.41. The predicted octanol–water partition coefficient (Wildman–Crippen LogP) is 3.12. The highest BCUT2D eigenvalue weighted by molar-refractivity contribution is 9.10. The Morgan fingerprint density at radius 1 is 1.54 bits per heavy atom. The standard InChI is InChI=1S/C10H11BrO2/c1-10(2)6(5-8(10)12)7-3-4-9(11)13-7/h3-4,6H,5H2,1-2H3. The Bertz CT molecular complexity index is 352. The van der Waals surface area contributed by atoms with Crippen molar-refractivity contribution in [2.75, 3.05) is 0 Å². The van der Waals surface area contributed by atoms with Gasteiger partial charge in [0, 0.05) is 17.8 Å². The number of furan rings is 1. The summed E-state index contributed by atoms with van der Waals surface area (Å²) < 4.78 is 6.17. The maximum Gasteiger partial charge on any atom is 0.169 e. The lowest BCUT2D eigenvalue weighted by molar-refractivity contribution is -0.138. The molecule has 0 radical (unpaired) electrons. The van der Waals surface area contributed by atoms with E-state index in [-0.39, 0.29) is 11.3 Å². The molecule has 0 aliphatic heterocycles. The van der Waals surface area contributed by atoms with Crippen molar-refractivity contribution in [3.8, 4) is 0 Å². The van der Waals surface area contributed by atoms with Crippen LogP contribution in [-0.2, 0) is 4.79 Å². The summed E-state index contributed by atoms with van der Waals surface area (Å²) in [5, 5.41) is 0. The Morgan fingerprint density at radius 3 is 2.62 bits per heavy atom. The van der Waals surface area contributed by atoms with Gasteiger partial charge in [0.05, 0.1) is 0 Å². The van der Waals surface area contributed by atoms with Gasteiger partial charge in [-0.2, -0.15) is 0 Å². The molecule has 2 nitrogen and oxygen atoms in total. The number of Topliss-reactive ketones (excluding diaryl/α,β-unsaturated/α-hetero) is 1. The zero-order valence-corrected chi connectivity index (χ0v) is 9.22. The number of carbonyl (C=O) groups excluding carboxylic acids is 1. The van der Waals surface area contributed by atoms with Crippen LogP contribution in [0, 0.1) is 5.41 Å². The molecule has 0 N–H and O–H groups in total. The number of hydrogen-bond donors (Lipinski definition) is 0. The van der Waals surface area contributed by atoms with Crippen LogP contribution in [0.25, 0.3) is 0 Å². The summed E-state index contributed by atoms with van der Waals surface area (Å²) in [6.45, 7) is 3.94. The smallest absolute Gasteiger partial charge is 0.169 e. The summed E-state index contributed by atoms with van der Waals surface area (Å²) in [5.41, 5.74) is -0.239. The van der Waals surface area contributed by atoms with E-state index in [9.17, 15) is 4.79 Å². The van der Waals surface area contributed by atoms with Gasteiger partial charge in [-0.05, 0) is 28.1 Å². The van der Waals surface area contributed by atoms with Crippen LogP contribution in [0.2, 0.25) is 0 Å². The van der Waals surface area contributed by atoms with E-state index in [0.717, 1.165) is 10.4 Å². The van der Waals surface area contributed by atoms with Gasteiger partial charge in [-0.15, -0.1) is 0 Å². The second-order valence-electron chi connectivity index (χ2n) is 4.04. The molecule has 1 unspecified atom stereocenters. The lowest BCUT2D eigenvalue weighted by atomic mass is 9.60. The van der Waals surface area contributed by atoms with E-state index < -0.39 is 0 Å². The first-order chi connectivity index (χ1) is 6.01. The van der Waals surface area contributed by atoms with Crippen molar-refractivity contribution < 1.29 is 9.21 Å². The summed E-state index contributed by atoms with van der Waals surface area (Å²) in [6, 6.07) is 3.80. The van der Waals surface area contributed by atoms with E-state index in [0.29, 0.717) is 12.2 Å².